The van der Waals surface area contributed by atoms with Crippen LogP contribution in [0.3, 0.4) is 0 Å². The highest BCUT2D eigenvalue weighted by Crippen LogP contribution is 2.21. The van der Waals surface area contributed by atoms with E-state index in [4.69, 9.17) is 9.47 Å². The van der Waals surface area contributed by atoms with Crippen molar-refractivity contribution < 1.29 is 14.3 Å². The number of amides is 1. The first-order valence-corrected chi connectivity index (χ1v) is 7.83. The van der Waals surface area contributed by atoms with Crippen molar-refractivity contribution in [3.05, 3.63) is 58.1 Å². The fourth-order valence-electron chi connectivity index (χ4n) is 1.90. The van der Waals surface area contributed by atoms with Crippen LogP contribution in [0.5, 0.6) is 11.5 Å². The maximum absolute atomic E-state index is 12.0. The van der Waals surface area contributed by atoms with E-state index in [1.807, 2.05) is 25.1 Å². The highest BCUT2D eigenvalue weighted by Gasteiger charge is 2.05. The Morgan fingerprint density at radius 1 is 1.26 bits per heavy atom. The van der Waals surface area contributed by atoms with Crippen LogP contribution in [0.2, 0.25) is 0 Å². The number of benzene rings is 2. The third kappa shape index (κ3) is 4.82. The molecule has 0 saturated heterocycles. The quantitative estimate of drug-likeness (QED) is 0.618. The van der Waals surface area contributed by atoms with Crippen LogP contribution in [0.1, 0.15) is 22.8 Å². The van der Waals surface area contributed by atoms with Crippen molar-refractivity contribution in [1.29, 1.82) is 0 Å². The molecule has 1 amide bonds. The zero-order valence-corrected chi connectivity index (χ0v) is 14.5. The van der Waals surface area contributed by atoms with Crippen LogP contribution in [-0.2, 0) is 0 Å². The van der Waals surface area contributed by atoms with Crippen molar-refractivity contribution in [2.24, 2.45) is 5.10 Å². The standard InChI is InChI=1S/C17H17BrN2O3/c1-3-23-15-7-4-12(5-8-15)17(21)20-19-11-13-10-14(18)6-9-16(13)22-2/h4-11H,3H2,1-2H3,(H,20,21)/b19-11-. The van der Waals surface area contributed by atoms with E-state index in [0.29, 0.717) is 17.9 Å². The topological polar surface area (TPSA) is 59.9 Å². The van der Waals surface area contributed by atoms with E-state index in [2.05, 4.69) is 26.5 Å². The van der Waals surface area contributed by atoms with E-state index in [-0.39, 0.29) is 5.91 Å². The zero-order valence-electron chi connectivity index (χ0n) is 12.9. The predicted octanol–water partition coefficient (Wildman–Crippen LogP) is 3.62. The Balaban J connectivity index is 2.02. The van der Waals surface area contributed by atoms with Crippen molar-refractivity contribution in [3.63, 3.8) is 0 Å². The van der Waals surface area contributed by atoms with Crippen molar-refractivity contribution >= 4 is 28.1 Å². The molecule has 0 bridgehead atoms. The Kier molecular flexibility index (Phi) is 6.17. The number of nitrogens with zero attached hydrogens (tertiary/aromatic N) is 1. The third-order valence-corrected chi connectivity index (χ3v) is 3.48. The Bertz CT molecular complexity index is 699. The minimum Gasteiger partial charge on any atom is -0.496 e. The smallest absolute Gasteiger partial charge is 0.271 e. The largest absolute Gasteiger partial charge is 0.496 e. The number of hydrogen-bond donors (Lipinski definition) is 1. The second kappa shape index (κ2) is 8.33. The van der Waals surface area contributed by atoms with E-state index in [1.54, 1.807) is 31.4 Å². The Morgan fingerprint density at radius 3 is 2.65 bits per heavy atom. The first-order valence-electron chi connectivity index (χ1n) is 7.04. The van der Waals surface area contributed by atoms with Crippen molar-refractivity contribution in [2.45, 2.75) is 6.92 Å². The van der Waals surface area contributed by atoms with E-state index in [0.717, 1.165) is 15.8 Å². The number of nitrogens with one attached hydrogen (secondary N) is 1. The maximum atomic E-state index is 12.0. The molecule has 0 atom stereocenters. The summed E-state index contributed by atoms with van der Waals surface area (Å²) in [5.74, 6) is 1.11. The van der Waals surface area contributed by atoms with Gasteiger partial charge in [0.25, 0.3) is 5.91 Å². The average Bonchev–Trinajstić information content (AvgIpc) is 2.56. The molecule has 0 aliphatic rings. The first kappa shape index (κ1) is 17.0. The molecule has 0 heterocycles. The molecule has 0 aromatic heterocycles. The van der Waals surface area contributed by atoms with Gasteiger partial charge in [-0.2, -0.15) is 5.10 Å². The number of carbonyl (C=O) groups is 1. The summed E-state index contributed by atoms with van der Waals surface area (Å²) in [7, 11) is 1.58. The van der Waals surface area contributed by atoms with Crippen LogP contribution in [0.15, 0.2) is 52.0 Å². The molecule has 0 aliphatic heterocycles. The minimum atomic E-state index is -0.293. The molecule has 0 spiro atoms. The normalized spacial score (nSPS) is 10.6. The van der Waals surface area contributed by atoms with Crippen LogP contribution in [-0.4, -0.2) is 25.8 Å². The lowest BCUT2D eigenvalue weighted by atomic mass is 10.2. The van der Waals surface area contributed by atoms with Gasteiger partial charge in [0.05, 0.1) is 19.9 Å². The molecule has 0 fully saturated rings. The van der Waals surface area contributed by atoms with Gasteiger partial charge in [0.1, 0.15) is 11.5 Å². The summed E-state index contributed by atoms with van der Waals surface area (Å²) in [6, 6.07) is 12.4. The summed E-state index contributed by atoms with van der Waals surface area (Å²) in [6.07, 6.45) is 1.54. The predicted molar refractivity (Wildman–Crippen MR) is 93.4 cm³/mol. The number of methoxy groups -OCH3 is 1. The fraction of sp³-hybridized carbons (Fsp3) is 0.176. The number of rotatable bonds is 6. The second-order valence-electron chi connectivity index (χ2n) is 4.54. The van der Waals surface area contributed by atoms with Gasteiger partial charge in [-0.25, -0.2) is 5.43 Å². The number of ether oxygens (including phenoxy) is 2. The van der Waals surface area contributed by atoms with Gasteiger partial charge >= 0.3 is 0 Å². The van der Waals surface area contributed by atoms with E-state index in [1.165, 1.54) is 6.21 Å². The lowest BCUT2D eigenvalue weighted by Gasteiger charge is -2.05. The van der Waals surface area contributed by atoms with Gasteiger partial charge in [-0.15, -0.1) is 0 Å². The molecule has 2 aromatic rings. The molecule has 1 N–H and O–H groups in total. The molecule has 5 nitrogen and oxygen atoms in total. The van der Waals surface area contributed by atoms with Crippen LogP contribution < -0.4 is 14.9 Å². The van der Waals surface area contributed by atoms with Gasteiger partial charge in [0, 0.05) is 15.6 Å². The first-order chi connectivity index (χ1) is 11.1. The molecule has 0 unspecified atom stereocenters. The monoisotopic (exact) mass is 376 g/mol. The summed E-state index contributed by atoms with van der Waals surface area (Å²) < 4.78 is 11.5. The summed E-state index contributed by atoms with van der Waals surface area (Å²) in [6.45, 7) is 2.50. The Labute approximate surface area is 143 Å². The molecule has 6 heteroatoms. The molecule has 120 valence electrons. The summed E-state index contributed by atoms with van der Waals surface area (Å²) in [4.78, 5) is 12.0. The van der Waals surface area contributed by atoms with E-state index < -0.39 is 0 Å². The van der Waals surface area contributed by atoms with Gasteiger partial charge < -0.3 is 9.47 Å². The number of hydrazone groups is 1. The van der Waals surface area contributed by atoms with Crippen molar-refractivity contribution in [2.75, 3.05) is 13.7 Å². The highest BCUT2D eigenvalue weighted by atomic mass is 79.9. The number of carbonyl (C=O) groups excluding carboxylic acids is 1. The molecule has 2 rings (SSSR count). The lowest BCUT2D eigenvalue weighted by molar-refractivity contribution is 0.0955. The van der Waals surface area contributed by atoms with Crippen LogP contribution >= 0.6 is 15.9 Å². The molecular formula is C17H17BrN2O3. The Hall–Kier alpha value is -2.34. The molecule has 23 heavy (non-hydrogen) atoms. The molecule has 0 radical (unpaired) electrons. The fourth-order valence-corrected chi connectivity index (χ4v) is 2.28. The summed E-state index contributed by atoms with van der Waals surface area (Å²) in [5, 5.41) is 3.97. The van der Waals surface area contributed by atoms with Crippen LogP contribution in [0.25, 0.3) is 0 Å². The summed E-state index contributed by atoms with van der Waals surface area (Å²) >= 11 is 3.39. The molecule has 2 aromatic carbocycles. The molecule has 0 aliphatic carbocycles. The summed E-state index contributed by atoms with van der Waals surface area (Å²) in [5.41, 5.74) is 3.75. The zero-order chi connectivity index (χ0) is 16.7. The molecular weight excluding hydrogens is 360 g/mol. The lowest BCUT2D eigenvalue weighted by Crippen LogP contribution is -2.17. The third-order valence-electron chi connectivity index (χ3n) is 2.99. The maximum Gasteiger partial charge on any atom is 0.271 e. The SMILES string of the molecule is CCOc1ccc(C(=O)N/N=C\c2cc(Br)ccc2OC)cc1. The van der Waals surface area contributed by atoms with Gasteiger partial charge in [0.2, 0.25) is 0 Å². The Morgan fingerprint density at radius 2 is 2.00 bits per heavy atom. The number of halogens is 1. The minimum absolute atomic E-state index is 0.293. The van der Waals surface area contributed by atoms with Crippen molar-refractivity contribution in [3.8, 4) is 11.5 Å². The van der Waals surface area contributed by atoms with Gasteiger partial charge in [-0.1, -0.05) is 15.9 Å². The number of hydrogen-bond acceptors (Lipinski definition) is 4. The van der Waals surface area contributed by atoms with Gasteiger partial charge in [-0.3, -0.25) is 4.79 Å². The van der Waals surface area contributed by atoms with Crippen molar-refractivity contribution in [1.82, 2.24) is 5.43 Å². The van der Waals surface area contributed by atoms with Crippen LogP contribution in [0.4, 0.5) is 0 Å². The molecule has 0 saturated carbocycles. The highest BCUT2D eigenvalue weighted by molar-refractivity contribution is 9.10. The van der Waals surface area contributed by atoms with Crippen LogP contribution in [0, 0.1) is 0 Å². The second-order valence-corrected chi connectivity index (χ2v) is 5.46. The van der Waals surface area contributed by atoms with Gasteiger partial charge in [0.15, 0.2) is 0 Å². The van der Waals surface area contributed by atoms with E-state index in [9.17, 15) is 4.79 Å². The average molecular weight is 377 g/mol. The van der Waals surface area contributed by atoms with E-state index >= 15 is 0 Å². The van der Waals surface area contributed by atoms with Gasteiger partial charge in [-0.05, 0) is 49.4 Å².